The molecule has 2 fully saturated rings. The first-order valence-corrected chi connectivity index (χ1v) is 11.2. The number of likely N-dealkylation sites (tertiary alicyclic amines) is 1. The van der Waals surface area contributed by atoms with Gasteiger partial charge in [-0.15, -0.1) is 0 Å². The fourth-order valence-electron chi connectivity index (χ4n) is 3.55. The molecule has 2 atom stereocenters. The molecule has 28 heavy (non-hydrogen) atoms. The van der Waals surface area contributed by atoms with Gasteiger partial charge >= 0.3 is 0 Å². The topological polar surface area (TPSA) is 75.2 Å². The standard InChI is InChI=1S/C21H40N4O3/c1-4-17(3)24-20(26)9-12-23-21(22-5-2)25-13-10-18(11-14-25)28-16-19-8-6-7-15-27-19/h17-19H,4-16H2,1-3H3,(H,22,23)(H,24,26). The van der Waals surface area contributed by atoms with Gasteiger partial charge in [-0.25, -0.2) is 0 Å². The maximum absolute atomic E-state index is 11.9. The van der Waals surface area contributed by atoms with Crippen molar-refractivity contribution in [3.05, 3.63) is 0 Å². The molecule has 0 aromatic heterocycles. The van der Waals surface area contributed by atoms with Crippen molar-refractivity contribution in [3.63, 3.8) is 0 Å². The molecule has 2 unspecified atom stereocenters. The molecular weight excluding hydrogens is 356 g/mol. The zero-order chi connectivity index (χ0) is 20.2. The molecule has 2 rings (SSSR count). The van der Waals surface area contributed by atoms with Gasteiger partial charge in [-0.2, -0.15) is 0 Å². The van der Waals surface area contributed by atoms with Crippen LogP contribution in [0.15, 0.2) is 4.99 Å². The normalized spacial score (nSPS) is 22.8. The Labute approximate surface area is 170 Å². The lowest BCUT2D eigenvalue weighted by molar-refractivity contribution is -0.121. The number of hydrogen-bond acceptors (Lipinski definition) is 4. The summed E-state index contributed by atoms with van der Waals surface area (Å²) in [7, 11) is 0. The molecule has 2 saturated heterocycles. The molecule has 1 amide bonds. The molecule has 0 bridgehead atoms. The largest absolute Gasteiger partial charge is 0.376 e. The third-order valence-electron chi connectivity index (χ3n) is 5.49. The summed E-state index contributed by atoms with van der Waals surface area (Å²) in [4.78, 5) is 18.9. The van der Waals surface area contributed by atoms with Gasteiger partial charge in [0.25, 0.3) is 0 Å². The number of nitrogens with one attached hydrogen (secondary N) is 2. The van der Waals surface area contributed by atoms with E-state index in [1.54, 1.807) is 0 Å². The van der Waals surface area contributed by atoms with E-state index in [-0.39, 0.29) is 18.1 Å². The Morgan fingerprint density at radius 1 is 1.25 bits per heavy atom. The second-order valence-corrected chi connectivity index (χ2v) is 7.87. The van der Waals surface area contributed by atoms with E-state index in [0.717, 1.165) is 64.5 Å². The fourth-order valence-corrected chi connectivity index (χ4v) is 3.55. The number of amides is 1. The molecule has 2 aliphatic heterocycles. The van der Waals surface area contributed by atoms with Crippen molar-refractivity contribution >= 4 is 11.9 Å². The Morgan fingerprint density at radius 3 is 2.68 bits per heavy atom. The number of ether oxygens (including phenoxy) is 2. The first-order chi connectivity index (χ1) is 13.6. The van der Waals surface area contributed by atoms with E-state index in [4.69, 9.17) is 9.47 Å². The van der Waals surface area contributed by atoms with Crippen LogP contribution in [0.2, 0.25) is 0 Å². The van der Waals surface area contributed by atoms with Crippen molar-refractivity contribution in [1.29, 1.82) is 0 Å². The van der Waals surface area contributed by atoms with E-state index in [0.29, 0.717) is 19.1 Å². The van der Waals surface area contributed by atoms with Crippen LogP contribution in [0.5, 0.6) is 0 Å². The highest BCUT2D eigenvalue weighted by molar-refractivity contribution is 5.81. The lowest BCUT2D eigenvalue weighted by Crippen LogP contribution is -2.47. The summed E-state index contributed by atoms with van der Waals surface area (Å²) in [6, 6.07) is 0.225. The molecule has 0 aromatic rings. The number of guanidine groups is 1. The monoisotopic (exact) mass is 396 g/mol. The molecule has 7 heteroatoms. The predicted octanol–water partition coefficient (Wildman–Crippen LogP) is 2.31. The zero-order valence-corrected chi connectivity index (χ0v) is 18.0. The van der Waals surface area contributed by atoms with E-state index in [9.17, 15) is 4.79 Å². The highest BCUT2D eigenvalue weighted by atomic mass is 16.5. The Kier molecular flexibility index (Phi) is 10.6. The molecule has 0 aliphatic carbocycles. The third-order valence-corrected chi connectivity index (χ3v) is 5.49. The van der Waals surface area contributed by atoms with Gasteiger partial charge in [0.1, 0.15) is 0 Å². The number of carbonyl (C=O) groups is 1. The Morgan fingerprint density at radius 2 is 2.04 bits per heavy atom. The second kappa shape index (κ2) is 13.0. The van der Waals surface area contributed by atoms with E-state index in [2.05, 4.69) is 34.4 Å². The van der Waals surface area contributed by atoms with Gasteiger partial charge in [0.05, 0.1) is 25.4 Å². The minimum absolute atomic E-state index is 0.0750. The first kappa shape index (κ1) is 22.9. The molecule has 0 saturated carbocycles. The molecule has 2 heterocycles. The first-order valence-electron chi connectivity index (χ1n) is 11.2. The van der Waals surface area contributed by atoms with Gasteiger partial charge in [0.2, 0.25) is 5.91 Å². The van der Waals surface area contributed by atoms with Crippen molar-refractivity contribution < 1.29 is 14.3 Å². The smallest absolute Gasteiger partial charge is 0.222 e. The van der Waals surface area contributed by atoms with Crippen LogP contribution in [0.4, 0.5) is 0 Å². The van der Waals surface area contributed by atoms with Crippen LogP contribution in [0.25, 0.3) is 0 Å². The van der Waals surface area contributed by atoms with Crippen LogP contribution in [0.3, 0.4) is 0 Å². The summed E-state index contributed by atoms with van der Waals surface area (Å²) >= 11 is 0. The SMILES string of the molecule is CCNC(=NCCC(=O)NC(C)CC)N1CCC(OCC2CCCCO2)CC1. The fraction of sp³-hybridized carbons (Fsp3) is 0.905. The maximum atomic E-state index is 11.9. The molecule has 0 aromatic carbocycles. The number of rotatable bonds is 9. The van der Waals surface area contributed by atoms with Crippen LogP contribution in [-0.4, -0.2) is 74.4 Å². The zero-order valence-electron chi connectivity index (χ0n) is 18.0. The Bertz CT molecular complexity index is 472. The quantitative estimate of drug-likeness (QED) is 0.462. The van der Waals surface area contributed by atoms with Crippen LogP contribution < -0.4 is 10.6 Å². The minimum atomic E-state index is 0.0750. The van der Waals surface area contributed by atoms with Crippen molar-refractivity contribution in [3.8, 4) is 0 Å². The van der Waals surface area contributed by atoms with Crippen molar-refractivity contribution in [2.45, 2.75) is 84.0 Å². The minimum Gasteiger partial charge on any atom is -0.376 e. The summed E-state index contributed by atoms with van der Waals surface area (Å²) in [6.07, 6.45) is 7.54. The van der Waals surface area contributed by atoms with Gasteiger partial charge in [-0.1, -0.05) is 6.92 Å². The average Bonchev–Trinajstić information content (AvgIpc) is 2.72. The van der Waals surface area contributed by atoms with E-state index < -0.39 is 0 Å². The van der Waals surface area contributed by atoms with Gasteiger partial charge in [-0.05, 0) is 52.4 Å². The van der Waals surface area contributed by atoms with E-state index >= 15 is 0 Å². The number of carbonyl (C=O) groups excluding carboxylic acids is 1. The molecule has 2 aliphatic rings. The maximum Gasteiger partial charge on any atom is 0.222 e. The molecule has 0 radical (unpaired) electrons. The van der Waals surface area contributed by atoms with Crippen LogP contribution in [-0.2, 0) is 14.3 Å². The van der Waals surface area contributed by atoms with Crippen molar-refractivity contribution in [1.82, 2.24) is 15.5 Å². The molecular formula is C21H40N4O3. The second-order valence-electron chi connectivity index (χ2n) is 7.87. The molecule has 2 N–H and O–H groups in total. The predicted molar refractivity (Wildman–Crippen MR) is 113 cm³/mol. The number of aliphatic imine (C=N–C) groups is 1. The summed E-state index contributed by atoms with van der Waals surface area (Å²) < 4.78 is 11.9. The lowest BCUT2D eigenvalue weighted by atomic mass is 10.1. The average molecular weight is 397 g/mol. The molecule has 0 spiro atoms. The number of hydrogen-bond donors (Lipinski definition) is 2. The van der Waals surface area contributed by atoms with E-state index in [1.807, 2.05) is 6.92 Å². The highest BCUT2D eigenvalue weighted by Crippen LogP contribution is 2.18. The lowest BCUT2D eigenvalue weighted by Gasteiger charge is -2.35. The highest BCUT2D eigenvalue weighted by Gasteiger charge is 2.23. The van der Waals surface area contributed by atoms with Crippen molar-refractivity contribution in [2.24, 2.45) is 4.99 Å². The number of nitrogens with zero attached hydrogens (tertiary/aromatic N) is 2. The van der Waals surface area contributed by atoms with Gasteiger partial charge < -0.3 is 25.0 Å². The molecule has 162 valence electrons. The third kappa shape index (κ3) is 8.35. The van der Waals surface area contributed by atoms with Crippen LogP contribution >= 0.6 is 0 Å². The summed E-state index contributed by atoms with van der Waals surface area (Å²) in [5, 5.41) is 6.35. The van der Waals surface area contributed by atoms with Gasteiger partial charge in [-0.3, -0.25) is 9.79 Å². The van der Waals surface area contributed by atoms with Crippen LogP contribution in [0, 0.1) is 0 Å². The van der Waals surface area contributed by atoms with Gasteiger partial charge in [0.15, 0.2) is 5.96 Å². The number of piperidine rings is 1. The summed E-state index contributed by atoms with van der Waals surface area (Å²) in [5.41, 5.74) is 0. The molecule has 7 nitrogen and oxygen atoms in total. The summed E-state index contributed by atoms with van der Waals surface area (Å²) in [5.74, 6) is 0.985. The van der Waals surface area contributed by atoms with Crippen molar-refractivity contribution in [2.75, 3.05) is 39.4 Å². The van der Waals surface area contributed by atoms with E-state index in [1.165, 1.54) is 12.8 Å². The Balaban J connectivity index is 1.71. The van der Waals surface area contributed by atoms with Gasteiger partial charge in [0, 0.05) is 38.7 Å². The Hall–Kier alpha value is -1.34. The van der Waals surface area contributed by atoms with Crippen LogP contribution in [0.1, 0.15) is 65.7 Å². The summed E-state index contributed by atoms with van der Waals surface area (Å²) in [6.45, 7) is 11.0.